The van der Waals surface area contributed by atoms with E-state index in [0.717, 1.165) is 63.7 Å². The average molecular weight is 793 g/mol. The van der Waals surface area contributed by atoms with Gasteiger partial charge in [0.2, 0.25) is 0 Å². The number of rotatable bonds is 45. The van der Waals surface area contributed by atoms with Crippen molar-refractivity contribution in [2.45, 2.75) is 284 Å². The molecule has 0 aliphatic rings. The maximum atomic E-state index is 12.8. The molecule has 0 spiro atoms. The van der Waals surface area contributed by atoms with Crippen molar-refractivity contribution >= 4 is 17.9 Å². The van der Waals surface area contributed by atoms with E-state index >= 15 is 0 Å². The normalized spacial score (nSPS) is 12.4. The molecule has 332 valence electrons. The zero-order valence-corrected chi connectivity index (χ0v) is 38.1. The van der Waals surface area contributed by atoms with Crippen LogP contribution in [0.25, 0.3) is 0 Å². The standard InChI is InChI=1S/C50H96O6/c1-5-8-10-12-14-16-18-20-21-22-23-25-27-29-35-39-43-50(53)56-47(45-55-49(52)42-38-34-31-30-32-36-40-46(4)7-3)44-54-48(51)41-37-33-28-26-24-19-17-15-13-11-9-6-2/h46-47H,5-45H2,1-4H3/t46?,47-/m1/s1. The Morgan fingerprint density at radius 1 is 0.357 bits per heavy atom. The first-order valence-electron chi connectivity index (χ1n) is 24.9. The van der Waals surface area contributed by atoms with Crippen molar-refractivity contribution in [2.75, 3.05) is 13.2 Å². The molecule has 0 saturated carbocycles. The second-order valence-corrected chi connectivity index (χ2v) is 17.3. The van der Waals surface area contributed by atoms with Gasteiger partial charge in [-0.25, -0.2) is 0 Å². The van der Waals surface area contributed by atoms with E-state index in [1.165, 1.54) is 173 Å². The molecule has 0 aliphatic heterocycles. The first-order valence-corrected chi connectivity index (χ1v) is 24.9. The van der Waals surface area contributed by atoms with Crippen LogP contribution in [0.1, 0.15) is 278 Å². The van der Waals surface area contributed by atoms with Crippen molar-refractivity contribution in [1.29, 1.82) is 0 Å². The highest BCUT2D eigenvalue weighted by atomic mass is 16.6. The van der Waals surface area contributed by atoms with Crippen LogP contribution in [0.15, 0.2) is 0 Å². The Kier molecular flexibility index (Phi) is 43.2. The van der Waals surface area contributed by atoms with Gasteiger partial charge in [-0.3, -0.25) is 14.4 Å². The molecule has 56 heavy (non-hydrogen) atoms. The van der Waals surface area contributed by atoms with Crippen LogP contribution in [0.3, 0.4) is 0 Å². The van der Waals surface area contributed by atoms with Gasteiger partial charge in [0, 0.05) is 19.3 Å². The van der Waals surface area contributed by atoms with Gasteiger partial charge in [0.1, 0.15) is 13.2 Å². The number of hydrogen-bond acceptors (Lipinski definition) is 6. The molecule has 2 atom stereocenters. The molecule has 6 heteroatoms. The zero-order valence-electron chi connectivity index (χ0n) is 38.1. The zero-order chi connectivity index (χ0) is 41.0. The number of ether oxygens (including phenoxy) is 3. The first-order chi connectivity index (χ1) is 27.4. The van der Waals surface area contributed by atoms with E-state index in [1.54, 1.807) is 0 Å². The van der Waals surface area contributed by atoms with E-state index in [9.17, 15) is 14.4 Å². The van der Waals surface area contributed by atoms with Crippen LogP contribution in [0.5, 0.6) is 0 Å². The van der Waals surface area contributed by atoms with Crippen LogP contribution in [0, 0.1) is 5.92 Å². The minimum absolute atomic E-state index is 0.0638. The molecule has 0 aliphatic carbocycles. The Bertz CT molecular complexity index is 843. The maximum Gasteiger partial charge on any atom is 0.306 e. The topological polar surface area (TPSA) is 78.9 Å². The molecule has 6 nitrogen and oxygen atoms in total. The third-order valence-corrected chi connectivity index (χ3v) is 11.7. The van der Waals surface area contributed by atoms with Crippen LogP contribution in [0.2, 0.25) is 0 Å². The number of unbranched alkanes of at least 4 members (excludes halogenated alkanes) is 31. The maximum absolute atomic E-state index is 12.8. The molecular formula is C50H96O6. The van der Waals surface area contributed by atoms with Crippen molar-refractivity contribution < 1.29 is 28.6 Å². The third-order valence-electron chi connectivity index (χ3n) is 11.7. The highest BCUT2D eigenvalue weighted by Crippen LogP contribution is 2.17. The number of hydrogen-bond donors (Lipinski definition) is 0. The second-order valence-electron chi connectivity index (χ2n) is 17.3. The van der Waals surface area contributed by atoms with Crippen molar-refractivity contribution in [2.24, 2.45) is 5.92 Å². The van der Waals surface area contributed by atoms with Crippen molar-refractivity contribution in [3.05, 3.63) is 0 Å². The third kappa shape index (κ3) is 42.0. The van der Waals surface area contributed by atoms with E-state index in [0.29, 0.717) is 19.3 Å². The van der Waals surface area contributed by atoms with Crippen molar-refractivity contribution in [3.63, 3.8) is 0 Å². The molecule has 0 N–H and O–H groups in total. The van der Waals surface area contributed by atoms with E-state index in [-0.39, 0.29) is 31.1 Å². The molecule has 0 heterocycles. The summed E-state index contributed by atoms with van der Waals surface area (Å²) >= 11 is 0. The summed E-state index contributed by atoms with van der Waals surface area (Å²) in [6.07, 6.45) is 45.1. The minimum atomic E-state index is -0.760. The van der Waals surface area contributed by atoms with Crippen LogP contribution in [0.4, 0.5) is 0 Å². The second kappa shape index (κ2) is 44.5. The van der Waals surface area contributed by atoms with Gasteiger partial charge in [-0.15, -0.1) is 0 Å². The fraction of sp³-hybridized carbons (Fsp3) is 0.940. The van der Waals surface area contributed by atoms with E-state index in [4.69, 9.17) is 14.2 Å². The average Bonchev–Trinajstić information content (AvgIpc) is 3.19. The number of esters is 3. The molecule has 0 saturated heterocycles. The summed E-state index contributed by atoms with van der Waals surface area (Å²) in [6, 6.07) is 0. The van der Waals surface area contributed by atoms with Gasteiger partial charge in [0.25, 0.3) is 0 Å². The molecule has 0 bridgehead atoms. The van der Waals surface area contributed by atoms with E-state index in [2.05, 4.69) is 27.7 Å². The summed E-state index contributed by atoms with van der Waals surface area (Å²) in [7, 11) is 0. The van der Waals surface area contributed by atoms with Crippen molar-refractivity contribution in [1.82, 2.24) is 0 Å². The summed E-state index contributed by atoms with van der Waals surface area (Å²) in [4.78, 5) is 37.8. The Balaban J connectivity index is 4.30. The van der Waals surface area contributed by atoms with Gasteiger partial charge in [-0.05, 0) is 25.2 Å². The molecule has 0 aromatic heterocycles. The summed E-state index contributed by atoms with van der Waals surface area (Å²) in [5.74, 6) is -0.0361. The monoisotopic (exact) mass is 793 g/mol. The van der Waals surface area contributed by atoms with Crippen molar-refractivity contribution in [3.8, 4) is 0 Å². The smallest absolute Gasteiger partial charge is 0.306 e. The van der Waals surface area contributed by atoms with E-state index in [1.807, 2.05) is 0 Å². The van der Waals surface area contributed by atoms with Gasteiger partial charge in [0.15, 0.2) is 6.10 Å². The molecule has 0 aromatic rings. The molecule has 0 aromatic carbocycles. The Hall–Kier alpha value is -1.59. The van der Waals surface area contributed by atoms with Gasteiger partial charge in [0.05, 0.1) is 0 Å². The molecule has 0 rings (SSSR count). The predicted octanol–water partition coefficient (Wildman–Crippen LogP) is 15.9. The summed E-state index contributed by atoms with van der Waals surface area (Å²) in [5, 5.41) is 0. The lowest BCUT2D eigenvalue weighted by Gasteiger charge is -2.18. The van der Waals surface area contributed by atoms with Crippen LogP contribution in [-0.2, 0) is 28.6 Å². The van der Waals surface area contributed by atoms with Gasteiger partial charge in [-0.2, -0.15) is 0 Å². The van der Waals surface area contributed by atoms with Gasteiger partial charge < -0.3 is 14.2 Å². The molecule has 0 radical (unpaired) electrons. The fourth-order valence-electron chi connectivity index (χ4n) is 7.48. The van der Waals surface area contributed by atoms with Gasteiger partial charge >= 0.3 is 17.9 Å². The van der Waals surface area contributed by atoms with E-state index < -0.39 is 6.10 Å². The summed E-state index contributed by atoms with van der Waals surface area (Å²) < 4.78 is 16.8. The summed E-state index contributed by atoms with van der Waals surface area (Å²) in [6.45, 7) is 8.99. The Morgan fingerprint density at radius 3 is 0.929 bits per heavy atom. The largest absolute Gasteiger partial charge is 0.462 e. The Labute approximate surface area is 348 Å². The summed E-state index contributed by atoms with van der Waals surface area (Å²) in [5.41, 5.74) is 0. The predicted molar refractivity (Wildman–Crippen MR) is 238 cm³/mol. The lowest BCUT2D eigenvalue weighted by molar-refractivity contribution is -0.167. The quantitative estimate of drug-likeness (QED) is 0.0347. The minimum Gasteiger partial charge on any atom is -0.462 e. The fourth-order valence-corrected chi connectivity index (χ4v) is 7.48. The Morgan fingerprint density at radius 2 is 0.625 bits per heavy atom. The molecule has 1 unspecified atom stereocenters. The highest BCUT2D eigenvalue weighted by molar-refractivity contribution is 5.71. The number of carbonyl (C=O) groups excluding carboxylic acids is 3. The van der Waals surface area contributed by atoms with Crippen LogP contribution in [-0.4, -0.2) is 37.2 Å². The van der Waals surface area contributed by atoms with Crippen LogP contribution < -0.4 is 0 Å². The molecule has 0 fully saturated rings. The lowest BCUT2D eigenvalue weighted by atomic mass is 10.00. The highest BCUT2D eigenvalue weighted by Gasteiger charge is 2.19. The molecular weight excluding hydrogens is 697 g/mol. The molecule has 0 amide bonds. The SMILES string of the molecule is CCCCCCCCCCCCCCCCCCC(=O)O[C@H](COC(=O)CCCCCCCCCCCCCC)COC(=O)CCCCCCCCC(C)CC. The lowest BCUT2D eigenvalue weighted by Crippen LogP contribution is -2.30. The first kappa shape index (κ1) is 54.4. The number of carbonyl (C=O) groups is 3. The van der Waals surface area contributed by atoms with Crippen LogP contribution >= 0.6 is 0 Å². The van der Waals surface area contributed by atoms with Gasteiger partial charge in [-0.1, -0.05) is 240 Å².